The highest BCUT2D eigenvalue weighted by atomic mass is 35.5. The van der Waals surface area contributed by atoms with Crippen molar-refractivity contribution in [2.75, 3.05) is 4.90 Å². The van der Waals surface area contributed by atoms with Gasteiger partial charge in [0.2, 0.25) is 0 Å². The molecule has 4 aromatic rings. The molecule has 4 nitrogen and oxygen atoms in total. The van der Waals surface area contributed by atoms with E-state index in [1.54, 1.807) is 24.3 Å². The van der Waals surface area contributed by atoms with E-state index < -0.39 is 11.7 Å². The van der Waals surface area contributed by atoms with Gasteiger partial charge in [0.15, 0.2) is 5.13 Å². The van der Waals surface area contributed by atoms with Gasteiger partial charge in [0.1, 0.15) is 11.6 Å². The van der Waals surface area contributed by atoms with Gasteiger partial charge in [0.05, 0.1) is 28.6 Å². The molecule has 0 aliphatic heterocycles. The van der Waals surface area contributed by atoms with Crippen LogP contribution in [0.3, 0.4) is 0 Å². The van der Waals surface area contributed by atoms with E-state index in [1.165, 1.54) is 34.6 Å². The Kier molecular flexibility index (Phi) is 4.68. The van der Waals surface area contributed by atoms with Crippen LogP contribution in [0.25, 0.3) is 10.2 Å². The second-order valence-electron chi connectivity index (χ2n) is 6.02. The number of benzene rings is 2. The summed E-state index contributed by atoms with van der Waals surface area (Å²) in [7, 11) is 0. The van der Waals surface area contributed by atoms with Gasteiger partial charge in [-0.15, -0.1) is 0 Å². The number of carbonyl (C=O) groups is 1. The minimum atomic E-state index is -0.577. The highest BCUT2D eigenvalue weighted by molar-refractivity contribution is 7.22. The number of amides is 1. The molecule has 0 saturated heterocycles. The van der Waals surface area contributed by atoms with Crippen LogP contribution in [0.15, 0.2) is 59.2 Å². The number of anilines is 1. The van der Waals surface area contributed by atoms with Crippen molar-refractivity contribution in [3.8, 4) is 0 Å². The predicted molar refractivity (Wildman–Crippen MR) is 105 cm³/mol. The second-order valence-corrected chi connectivity index (χ2v) is 7.46. The standard InChI is InChI=1S/C20H14ClFN2O2S/c1-12-9-13(21)10-17-18(12)23-20(27-17)24(11-14-5-4-8-26-14)19(25)15-6-2-3-7-16(15)22/h2-10H,11H2,1H3. The van der Waals surface area contributed by atoms with Crippen molar-refractivity contribution in [3.63, 3.8) is 0 Å². The minimum absolute atomic E-state index is 0.0157. The maximum absolute atomic E-state index is 14.2. The molecule has 0 bridgehead atoms. The first kappa shape index (κ1) is 17.7. The van der Waals surface area contributed by atoms with Gasteiger partial charge in [-0.2, -0.15) is 0 Å². The maximum Gasteiger partial charge on any atom is 0.263 e. The van der Waals surface area contributed by atoms with E-state index in [0.717, 1.165) is 15.8 Å². The third-order valence-corrected chi connectivity index (χ3v) is 5.36. The lowest BCUT2D eigenvalue weighted by atomic mass is 10.2. The fraction of sp³-hybridized carbons (Fsp3) is 0.100. The van der Waals surface area contributed by atoms with Crippen LogP contribution < -0.4 is 4.90 Å². The normalized spacial score (nSPS) is 11.1. The molecule has 0 atom stereocenters. The molecule has 0 aliphatic carbocycles. The second kappa shape index (κ2) is 7.13. The molecular weight excluding hydrogens is 387 g/mol. The van der Waals surface area contributed by atoms with Crippen LogP contribution in [0.5, 0.6) is 0 Å². The Labute approximate surface area is 163 Å². The Balaban J connectivity index is 1.82. The van der Waals surface area contributed by atoms with Crippen molar-refractivity contribution in [2.24, 2.45) is 0 Å². The lowest BCUT2D eigenvalue weighted by Gasteiger charge is -2.19. The molecule has 0 unspecified atom stereocenters. The molecule has 0 radical (unpaired) electrons. The average molecular weight is 401 g/mol. The maximum atomic E-state index is 14.2. The van der Waals surface area contributed by atoms with E-state index in [0.29, 0.717) is 15.9 Å². The Morgan fingerprint density at radius 1 is 1.26 bits per heavy atom. The average Bonchev–Trinajstić information content (AvgIpc) is 3.29. The Morgan fingerprint density at radius 3 is 2.81 bits per heavy atom. The molecule has 27 heavy (non-hydrogen) atoms. The molecule has 4 rings (SSSR count). The summed E-state index contributed by atoms with van der Waals surface area (Å²) >= 11 is 7.47. The number of fused-ring (bicyclic) bond motifs is 1. The summed E-state index contributed by atoms with van der Waals surface area (Å²) in [6.45, 7) is 2.06. The van der Waals surface area contributed by atoms with Crippen LogP contribution in [0.2, 0.25) is 5.02 Å². The number of hydrogen-bond donors (Lipinski definition) is 0. The molecule has 0 aliphatic rings. The number of aryl methyl sites for hydroxylation is 1. The third kappa shape index (κ3) is 3.46. The van der Waals surface area contributed by atoms with E-state index in [-0.39, 0.29) is 12.1 Å². The summed E-state index contributed by atoms with van der Waals surface area (Å²) in [4.78, 5) is 19.1. The van der Waals surface area contributed by atoms with Crippen LogP contribution in [-0.2, 0) is 6.54 Å². The lowest BCUT2D eigenvalue weighted by Crippen LogP contribution is -2.30. The number of thiazole rings is 1. The molecule has 2 aromatic heterocycles. The van der Waals surface area contributed by atoms with Crippen LogP contribution >= 0.6 is 22.9 Å². The number of nitrogens with zero attached hydrogens (tertiary/aromatic N) is 2. The highest BCUT2D eigenvalue weighted by Gasteiger charge is 2.25. The fourth-order valence-electron chi connectivity index (χ4n) is 2.82. The SMILES string of the molecule is Cc1cc(Cl)cc2sc(N(Cc3ccco3)C(=O)c3ccccc3F)nc12. The molecule has 2 heterocycles. The van der Waals surface area contributed by atoms with E-state index in [2.05, 4.69) is 4.98 Å². The number of rotatable bonds is 4. The van der Waals surface area contributed by atoms with Gasteiger partial charge in [0.25, 0.3) is 5.91 Å². The van der Waals surface area contributed by atoms with Crippen molar-refractivity contribution in [1.29, 1.82) is 0 Å². The Hall–Kier alpha value is -2.70. The molecule has 0 N–H and O–H groups in total. The number of furan rings is 1. The highest BCUT2D eigenvalue weighted by Crippen LogP contribution is 2.34. The number of halogens is 2. The van der Waals surface area contributed by atoms with Crippen molar-refractivity contribution in [3.05, 3.63) is 82.5 Å². The smallest absolute Gasteiger partial charge is 0.263 e. The molecule has 0 spiro atoms. The van der Waals surface area contributed by atoms with Crippen molar-refractivity contribution in [2.45, 2.75) is 13.5 Å². The van der Waals surface area contributed by atoms with E-state index in [9.17, 15) is 9.18 Å². The first-order valence-corrected chi connectivity index (χ1v) is 9.38. The van der Waals surface area contributed by atoms with Crippen LogP contribution in [-0.4, -0.2) is 10.9 Å². The Morgan fingerprint density at radius 2 is 2.07 bits per heavy atom. The van der Waals surface area contributed by atoms with E-state index >= 15 is 0 Å². The van der Waals surface area contributed by atoms with E-state index in [1.807, 2.05) is 19.1 Å². The van der Waals surface area contributed by atoms with Crippen LogP contribution in [0.1, 0.15) is 21.7 Å². The van der Waals surface area contributed by atoms with Gasteiger partial charge in [-0.3, -0.25) is 9.69 Å². The summed E-state index contributed by atoms with van der Waals surface area (Å²) in [6, 6.07) is 13.0. The third-order valence-electron chi connectivity index (χ3n) is 4.11. The van der Waals surface area contributed by atoms with Crippen molar-refractivity contribution in [1.82, 2.24) is 4.98 Å². The van der Waals surface area contributed by atoms with Gasteiger partial charge < -0.3 is 4.42 Å². The topological polar surface area (TPSA) is 46.3 Å². The number of hydrogen-bond acceptors (Lipinski definition) is 4. The Bertz CT molecular complexity index is 1120. The lowest BCUT2D eigenvalue weighted by molar-refractivity contribution is 0.0979. The summed E-state index contributed by atoms with van der Waals surface area (Å²) in [5.74, 6) is -0.478. The quantitative estimate of drug-likeness (QED) is 0.432. The number of carbonyl (C=O) groups excluding carboxylic acids is 1. The monoisotopic (exact) mass is 400 g/mol. The van der Waals surface area contributed by atoms with Gasteiger partial charge in [0, 0.05) is 5.02 Å². The summed E-state index contributed by atoms with van der Waals surface area (Å²) < 4.78 is 20.5. The zero-order valence-electron chi connectivity index (χ0n) is 14.3. The molecule has 2 aromatic carbocycles. The molecule has 0 fully saturated rings. The van der Waals surface area contributed by atoms with Crippen LogP contribution in [0.4, 0.5) is 9.52 Å². The number of aromatic nitrogens is 1. The minimum Gasteiger partial charge on any atom is -0.467 e. The summed E-state index contributed by atoms with van der Waals surface area (Å²) in [6.07, 6.45) is 1.53. The largest absolute Gasteiger partial charge is 0.467 e. The fourth-order valence-corrected chi connectivity index (χ4v) is 4.24. The first-order chi connectivity index (χ1) is 13.0. The predicted octanol–water partition coefficient (Wildman–Crippen LogP) is 5.84. The molecule has 0 saturated carbocycles. The van der Waals surface area contributed by atoms with Gasteiger partial charge in [-0.05, 0) is 48.9 Å². The summed E-state index contributed by atoms with van der Waals surface area (Å²) in [5, 5.41) is 1.06. The van der Waals surface area contributed by atoms with Crippen LogP contribution in [0, 0.1) is 12.7 Å². The van der Waals surface area contributed by atoms with Crippen molar-refractivity contribution >= 4 is 44.2 Å². The van der Waals surface area contributed by atoms with Crippen molar-refractivity contribution < 1.29 is 13.6 Å². The molecule has 1 amide bonds. The van der Waals surface area contributed by atoms with E-state index in [4.69, 9.17) is 16.0 Å². The molecule has 7 heteroatoms. The van der Waals surface area contributed by atoms with Gasteiger partial charge in [-0.1, -0.05) is 35.1 Å². The van der Waals surface area contributed by atoms with Gasteiger partial charge in [-0.25, -0.2) is 9.37 Å². The van der Waals surface area contributed by atoms with Gasteiger partial charge >= 0.3 is 0 Å². The molecule has 136 valence electrons. The zero-order chi connectivity index (χ0) is 19.0. The zero-order valence-corrected chi connectivity index (χ0v) is 15.9. The first-order valence-electron chi connectivity index (χ1n) is 8.18. The molecular formula is C20H14ClFN2O2S. The summed E-state index contributed by atoms with van der Waals surface area (Å²) in [5.41, 5.74) is 1.67.